The van der Waals surface area contributed by atoms with Crippen LogP contribution in [0.5, 0.6) is 0 Å². The number of aryl methyl sites for hydroxylation is 1. The zero-order valence-corrected chi connectivity index (χ0v) is 13.8. The largest absolute Gasteiger partial charge is 0.392 e. The molecule has 2 rings (SSSR count). The zero-order valence-electron chi connectivity index (χ0n) is 13.8. The molecule has 1 aromatic carbocycles. The molecule has 3 unspecified atom stereocenters. The van der Waals surface area contributed by atoms with Gasteiger partial charge in [0.1, 0.15) is 5.78 Å². The van der Waals surface area contributed by atoms with Crippen molar-refractivity contribution in [3.05, 3.63) is 35.9 Å². The van der Waals surface area contributed by atoms with E-state index in [1.165, 1.54) is 31.2 Å². The van der Waals surface area contributed by atoms with Gasteiger partial charge in [0.15, 0.2) is 0 Å². The Balaban J connectivity index is 1.82. The van der Waals surface area contributed by atoms with E-state index in [0.29, 0.717) is 12.2 Å². The van der Waals surface area contributed by atoms with Crippen LogP contribution in [0.2, 0.25) is 0 Å². The number of aliphatic hydroxyl groups is 1. The molecular formula is C20H30O2. The highest BCUT2D eigenvalue weighted by Crippen LogP contribution is 2.36. The lowest BCUT2D eigenvalue weighted by molar-refractivity contribution is -0.121. The van der Waals surface area contributed by atoms with Crippen LogP contribution in [0.1, 0.15) is 63.9 Å². The SMILES string of the molecule is CCCCCCCC1C(=O)CC(O)C1CCc1ccccc1. The van der Waals surface area contributed by atoms with E-state index < -0.39 is 6.10 Å². The predicted molar refractivity (Wildman–Crippen MR) is 90.7 cm³/mol. The molecule has 0 heterocycles. The minimum absolute atomic E-state index is 0.0975. The van der Waals surface area contributed by atoms with Gasteiger partial charge in [0, 0.05) is 12.3 Å². The van der Waals surface area contributed by atoms with E-state index >= 15 is 0 Å². The fraction of sp³-hybridized carbons (Fsp3) is 0.650. The highest BCUT2D eigenvalue weighted by atomic mass is 16.3. The highest BCUT2D eigenvalue weighted by molar-refractivity contribution is 5.84. The standard InChI is InChI=1S/C20H30O2/c1-2-3-4-5-9-12-17-18(20(22)15-19(17)21)14-13-16-10-7-6-8-11-16/h6-8,10-11,17-18,20,22H,2-5,9,12-15H2,1H3. The van der Waals surface area contributed by atoms with Gasteiger partial charge in [-0.2, -0.15) is 0 Å². The maximum Gasteiger partial charge on any atom is 0.138 e. The number of carbonyl (C=O) groups is 1. The van der Waals surface area contributed by atoms with Crippen LogP contribution in [0.3, 0.4) is 0 Å². The van der Waals surface area contributed by atoms with E-state index in [1.807, 2.05) is 6.07 Å². The second kappa shape index (κ2) is 9.09. The van der Waals surface area contributed by atoms with Crippen molar-refractivity contribution in [1.82, 2.24) is 0 Å². The van der Waals surface area contributed by atoms with Crippen LogP contribution in [0, 0.1) is 11.8 Å². The van der Waals surface area contributed by atoms with Crippen molar-refractivity contribution in [2.45, 2.75) is 70.8 Å². The molecule has 0 saturated heterocycles. The molecule has 0 spiro atoms. The topological polar surface area (TPSA) is 37.3 Å². The highest BCUT2D eigenvalue weighted by Gasteiger charge is 2.40. The number of carbonyl (C=O) groups excluding carboxylic acids is 1. The van der Waals surface area contributed by atoms with Crippen molar-refractivity contribution in [2.24, 2.45) is 11.8 Å². The monoisotopic (exact) mass is 302 g/mol. The van der Waals surface area contributed by atoms with Crippen molar-refractivity contribution in [2.75, 3.05) is 0 Å². The molecule has 3 atom stereocenters. The van der Waals surface area contributed by atoms with E-state index in [4.69, 9.17) is 0 Å². The van der Waals surface area contributed by atoms with Crippen molar-refractivity contribution < 1.29 is 9.90 Å². The normalized spacial score (nSPS) is 24.8. The third-order valence-corrected chi connectivity index (χ3v) is 5.06. The third-order valence-electron chi connectivity index (χ3n) is 5.06. The van der Waals surface area contributed by atoms with Crippen LogP contribution in [-0.4, -0.2) is 17.0 Å². The lowest BCUT2D eigenvalue weighted by atomic mass is 9.85. The maximum atomic E-state index is 12.2. The summed E-state index contributed by atoms with van der Waals surface area (Å²) in [5.41, 5.74) is 1.30. The van der Waals surface area contributed by atoms with Crippen LogP contribution in [0.4, 0.5) is 0 Å². The van der Waals surface area contributed by atoms with Crippen molar-refractivity contribution in [3.63, 3.8) is 0 Å². The Labute approximate surface area is 134 Å². The Morgan fingerprint density at radius 3 is 2.50 bits per heavy atom. The fourth-order valence-corrected chi connectivity index (χ4v) is 3.73. The smallest absolute Gasteiger partial charge is 0.138 e. The summed E-state index contributed by atoms with van der Waals surface area (Å²) in [7, 11) is 0. The van der Waals surface area contributed by atoms with Gasteiger partial charge in [0.05, 0.1) is 6.10 Å². The summed E-state index contributed by atoms with van der Waals surface area (Å²) in [6, 6.07) is 10.4. The average molecular weight is 302 g/mol. The molecule has 1 saturated carbocycles. The second-order valence-electron chi connectivity index (χ2n) is 6.74. The molecular weight excluding hydrogens is 272 g/mol. The van der Waals surface area contributed by atoms with Crippen LogP contribution in [-0.2, 0) is 11.2 Å². The molecule has 122 valence electrons. The quantitative estimate of drug-likeness (QED) is 0.680. The molecule has 0 aromatic heterocycles. The Hall–Kier alpha value is -1.15. The predicted octanol–water partition coefficient (Wildman–Crippen LogP) is 4.55. The van der Waals surface area contributed by atoms with Crippen LogP contribution >= 0.6 is 0 Å². The summed E-state index contributed by atoms with van der Waals surface area (Å²) in [6.45, 7) is 2.22. The Kier molecular flexibility index (Phi) is 7.11. The van der Waals surface area contributed by atoms with Gasteiger partial charge in [-0.3, -0.25) is 4.79 Å². The van der Waals surface area contributed by atoms with Gasteiger partial charge in [-0.15, -0.1) is 0 Å². The molecule has 0 aliphatic heterocycles. The van der Waals surface area contributed by atoms with E-state index in [0.717, 1.165) is 25.7 Å². The average Bonchev–Trinajstić information content (AvgIpc) is 2.80. The van der Waals surface area contributed by atoms with E-state index in [1.54, 1.807) is 0 Å². The molecule has 1 fully saturated rings. The van der Waals surface area contributed by atoms with Gasteiger partial charge in [-0.05, 0) is 30.7 Å². The van der Waals surface area contributed by atoms with Gasteiger partial charge in [-0.25, -0.2) is 0 Å². The second-order valence-corrected chi connectivity index (χ2v) is 6.74. The number of Topliss-reactive ketones (excluding diaryl/α,β-unsaturated/α-hetero) is 1. The molecule has 1 aliphatic rings. The third kappa shape index (κ3) is 4.95. The molecule has 1 aromatic rings. The van der Waals surface area contributed by atoms with Crippen LogP contribution < -0.4 is 0 Å². The number of benzene rings is 1. The van der Waals surface area contributed by atoms with Gasteiger partial charge in [-0.1, -0.05) is 69.4 Å². The Morgan fingerprint density at radius 1 is 1.05 bits per heavy atom. The Bertz CT molecular complexity index is 440. The molecule has 0 bridgehead atoms. The number of aliphatic hydroxyl groups excluding tert-OH is 1. The molecule has 22 heavy (non-hydrogen) atoms. The van der Waals surface area contributed by atoms with Crippen LogP contribution in [0.15, 0.2) is 30.3 Å². The summed E-state index contributed by atoms with van der Waals surface area (Å²) in [4.78, 5) is 12.2. The van der Waals surface area contributed by atoms with Gasteiger partial charge in [0.2, 0.25) is 0 Å². The summed E-state index contributed by atoms with van der Waals surface area (Å²) in [5.74, 6) is 0.556. The summed E-state index contributed by atoms with van der Waals surface area (Å²) in [5, 5.41) is 10.2. The number of rotatable bonds is 9. The first-order chi connectivity index (χ1) is 10.7. The lowest BCUT2D eigenvalue weighted by Crippen LogP contribution is -2.21. The molecule has 0 radical (unpaired) electrons. The van der Waals surface area contributed by atoms with Gasteiger partial charge in [0.25, 0.3) is 0 Å². The maximum absolute atomic E-state index is 12.2. The fourth-order valence-electron chi connectivity index (χ4n) is 3.73. The molecule has 0 amide bonds. The van der Waals surface area contributed by atoms with E-state index in [-0.39, 0.29) is 11.8 Å². The van der Waals surface area contributed by atoms with Crippen LogP contribution in [0.25, 0.3) is 0 Å². The first-order valence-corrected chi connectivity index (χ1v) is 8.97. The minimum atomic E-state index is -0.420. The van der Waals surface area contributed by atoms with E-state index in [9.17, 15) is 9.90 Å². The molecule has 1 aliphatic carbocycles. The first kappa shape index (κ1) is 17.2. The number of unbranched alkanes of at least 4 members (excludes halogenated alkanes) is 4. The molecule has 1 N–H and O–H groups in total. The first-order valence-electron chi connectivity index (χ1n) is 8.97. The summed E-state index contributed by atoms with van der Waals surface area (Å²) in [6.07, 6.45) is 8.98. The number of hydrogen-bond acceptors (Lipinski definition) is 2. The summed E-state index contributed by atoms with van der Waals surface area (Å²) < 4.78 is 0. The number of hydrogen-bond donors (Lipinski definition) is 1. The zero-order chi connectivity index (χ0) is 15.8. The van der Waals surface area contributed by atoms with Crippen molar-refractivity contribution >= 4 is 5.78 Å². The Morgan fingerprint density at radius 2 is 1.77 bits per heavy atom. The minimum Gasteiger partial charge on any atom is -0.392 e. The molecule has 2 heteroatoms. The van der Waals surface area contributed by atoms with Gasteiger partial charge >= 0.3 is 0 Å². The molecule has 2 nitrogen and oxygen atoms in total. The lowest BCUT2D eigenvalue weighted by Gasteiger charge is -2.21. The van der Waals surface area contributed by atoms with Crippen molar-refractivity contribution in [3.8, 4) is 0 Å². The van der Waals surface area contributed by atoms with E-state index in [2.05, 4.69) is 31.2 Å². The summed E-state index contributed by atoms with van der Waals surface area (Å²) >= 11 is 0. The number of ketones is 1. The van der Waals surface area contributed by atoms with Crippen molar-refractivity contribution in [1.29, 1.82) is 0 Å². The van der Waals surface area contributed by atoms with Gasteiger partial charge < -0.3 is 5.11 Å².